The van der Waals surface area contributed by atoms with Gasteiger partial charge in [-0.2, -0.15) is 0 Å². The standard InChI is InChI=1S/C12H15ClFNO2/c1-3-17-12(16)8(2)15-7-9-4-5-10(13)11(14)6-9/h4-6,8,15H,3,7H2,1-2H3. The van der Waals surface area contributed by atoms with Crippen molar-refractivity contribution in [3.8, 4) is 0 Å². The van der Waals surface area contributed by atoms with Gasteiger partial charge in [0.1, 0.15) is 11.9 Å². The number of ether oxygens (including phenoxy) is 1. The Balaban J connectivity index is 2.50. The fraction of sp³-hybridized carbons (Fsp3) is 0.417. The van der Waals surface area contributed by atoms with Crippen molar-refractivity contribution >= 4 is 17.6 Å². The summed E-state index contributed by atoms with van der Waals surface area (Å²) in [5.41, 5.74) is 0.725. The minimum Gasteiger partial charge on any atom is -0.465 e. The smallest absolute Gasteiger partial charge is 0.322 e. The molecule has 1 aromatic carbocycles. The monoisotopic (exact) mass is 259 g/mol. The summed E-state index contributed by atoms with van der Waals surface area (Å²) in [7, 11) is 0. The number of rotatable bonds is 5. The highest BCUT2D eigenvalue weighted by Gasteiger charge is 2.12. The van der Waals surface area contributed by atoms with Gasteiger partial charge in [0.05, 0.1) is 11.6 Å². The van der Waals surface area contributed by atoms with E-state index in [4.69, 9.17) is 16.3 Å². The molecule has 0 aromatic heterocycles. The van der Waals surface area contributed by atoms with Crippen LogP contribution in [0.3, 0.4) is 0 Å². The summed E-state index contributed by atoms with van der Waals surface area (Å²) in [4.78, 5) is 11.3. The minimum atomic E-state index is -0.463. The van der Waals surface area contributed by atoms with Crippen LogP contribution in [0, 0.1) is 5.82 Å². The van der Waals surface area contributed by atoms with Gasteiger partial charge in [0, 0.05) is 6.54 Å². The van der Waals surface area contributed by atoms with E-state index in [1.807, 2.05) is 0 Å². The Morgan fingerprint density at radius 1 is 1.59 bits per heavy atom. The lowest BCUT2D eigenvalue weighted by Gasteiger charge is -2.12. The van der Waals surface area contributed by atoms with E-state index in [0.29, 0.717) is 13.2 Å². The van der Waals surface area contributed by atoms with Crippen molar-refractivity contribution in [2.75, 3.05) is 6.61 Å². The molecule has 0 aliphatic rings. The second kappa shape index (κ2) is 6.57. The predicted octanol–water partition coefficient (Wildman–Crippen LogP) is 2.52. The Hall–Kier alpha value is -1.13. The summed E-state index contributed by atoms with van der Waals surface area (Å²) in [5, 5.41) is 3.04. The third-order valence-corrected chi connectivity index (χ3v) is 2.54. The summed E-state index contributed by atoms with van der Waals surface area (Å²) < 4.78 is 18.0. The summed E-state index contributed by atoms with van der Waals surface area (Å²) in [6.07, 6.45) is 0. The van der Waals surface area contributed by atoms with Crippen LogP contribution in [0.1, 0.15) is 19.4 Å². The number of carbonyl (C=O) groups is 1. The van der Waals surface area contributed by atoms with E-state index in [9.17, 15) is 9.18 Å². The molecule has 0 saturated heterocycles. The third-order valence-electron chi connectivity index (χ3n) is 2.24. The van der Waals surface area contributed by atoms with E-state index in [0.717, 1.165) is 5.56 Å². The maximum absolute atomic E-state index is 13.1. The van der Waals surface area contributed by atoms with Crippen LogP contribution < -0.4 is 5.32 Å². The van der Waals surface area contributed by atoms with Gasteiger partial charge in [-0.25, -0.2) is 4.39 Å². The first-order chi connectivity index (χ1) is 8.04. The number of hydrogen-bond acceptors (Lipinski definition) is 3. The Kier molecular flexibility index (Phi) is 5.38. The summed E-state index contributed by atoms with van der Waals surface area (Å²) in [6.45, 7) is 4.18. The molecule has 0 spiro atoms. The van der Waals surface area contributed by atoms with Crippen LogP contribution in [0.25, 0.3) is 0 Å². The largest absolute Gasteiger partial charge is 0.465 e. The number of benzene rings is 1. The van der Waals surface area contributed by atoms with E-state index in [-0.39, 0.29) is 11.0 Å². The molecule has 0 radical (unpaired) electrons. The first kappa shape index (κ1) is 13.9. The molecule has 94 valence electrons. The molecule has 1 aromatic rings. The molecular weight excluding hydrogens is 245 g/mol. The predicted molar refractivity (Wildman–Crippen MR) is 64.3 cm³/mol. The number of halogens is 2. The molecule has 3 nitrogen and oxygen atoms in total. The van der Waals surface area contributed by atoms with Crippen LogP contribution in [0.5, 0.6) is 0 Å². The van der Waals surface area contributed by atoms with Crippen molar-refractivity contribution in [3.63, 3.8) is 0 Å². The highest BCUT2D eigenvalue weighted by atomic mass is 35.5. The van der Waals surface area contributed by atoms with E-state index in [2.05, 4.69) is 5.32 Å². The van der Waals surface area contributed by atoms with Crippen molar-refractivity contribution in [2.24, 2.45) is 0 Å². The minimum absolute atomic E-state index is 0.0900. The Labute approximate surface area is 105 Å². The van der Waals surface area contributed by atoms with Gasteiger partial charge in [0.25, 0.3) is 0 Å². The van der Waals surface area contributed by atoms with Crippen molar-refractivity contribution < 1.29 is 13.9 Å². The SMILES string of the molecule is CCOC(=O)C(C)NCc1ccc(Cl)c(F)c1. The van der Waals surface area contributed by atoms with Crippen molar-refractivity contribution in [3.05, 3.63) is 34.6 Å². The van der Waals surface area contributed by atoms with Gasteiger partial charge in [-0.1, -0.05) is 17.7 Å². The lowest BCUT2D eigenvalue weighted by Crippen LogP contribution is -2.34. The zero-order valence-corrected chi connectivity index (χ0v) is 10.6. The number of esters is 1. The molecule has 0 aliphatic heterocycles. The average Bonchev–Trinajstić information content (AvgIpc) is 2.30. The average molecular weight is 260 g/mol. The summed E-state index contributed by atoms with van der Waals surface area (Å²) in [6, 6.07) is 4.11. The van der Waals surface area contributed by atoms with E-state index in [1.165, 1.54) is 12.1 Å². The molecule has 5 heteroatoms. The van der Waals surface area contributed by atoms with Crippen LogP contribution in [0.4, 0.5) is 4.39 Å². The van der Waals surface area contributed by atoms with E-state index < -0.39 is 11.9 Å². The first-order valence-electron chi connectivity index (χ1n) is 5.38. The number of hydrogen-bond donors (Lipinski definition) is 1. The number of nitrogens with one attached hydrogen (secondary N) is 1. The zero-order valence-electron chi connectivity index (χ0n) is 9.80. The molecule has 0 bridgehead atoms. The highest BCUT2D eigenvalue weighted by Crippen LogP contribution is 2.15. The molecule has 0 heterocycles. The molecule has 1 rings (SSSR count). The van der Waals surface area contributed by atoms with Gasteiger partial charge in [0.2, 0.25) is 0 Å². The van der Waals surface area contributed by atoms with E-state index >= 15 is 0 Å². The molecule has 0 aliphatic carbocycles. The lowest BCUT2D eigenvalue weighted by atomic mass is 10.2. The molecule has 0 amide bonds. The maximum Gasteiger partial charge on any atom is 0.322 e. The Morgan fingerprint density at radius 2 is 2.29 bits per heavy atom. The van der Waals surface area contributed by atoms with Crippen molar-refractivity contribution in [1.29, 1.82) is 0 Å². The van der Waals surface area contributed by atoms with Crippen LogP contribution in [-0.4, -0.2) is 18.6 Å². The fourth-order valence-electron chi connectivity index (χ4n) is 1.27. The van der Waals surface area contributed by atoms with Gasteiger partial charge in [-0.05, 0) is 31.5 Å². The molecular formula is C12H15ClFNO2. The van der Waals surface area contributed by atoms with Crippen LogP contribution in [0.15, 0.2) is 18.2 Å². The van der Waals surface area contributed by atoms with Crippen molar-refractivity contribution in [2.45, 2.75) is 26.4 Å². The number of carbonyl (C=O) groups excluding carboxylic acids is 1. The quantitative estimate of drug-likeness (QED) is 0.826. The van der Waals surface area contributed by atoms with Gasteiger partial charge in [-0.15, -0.1) is 0 Å². The summed E-state index contributed by atoms with van der Waals surface area (Å²) >= 11 is 5.57. The van der Waals surface area contributed by atoms with Crippen LogP contribution in [0.2, 0.25) is 5.02 Å². The Morgan fingerprint density at radius 3 is 2.88 bits per heavy atom. The second-order valence-corrected chi connectivity index (χ2v) is 4.01. The highest BCUT2D eigenvalue weighted by molar-refractivity contribution is 6.30. The first-order valence-corrected chi connectivity index (χ1v) is 5.76. The molecule has 0 fully saturated rings. The van der Waals surface area contributed by atoms with Gasteiger partial charge in [-0.3, -0.25) is 4.79 Å². The zero-order chi connectivity index (χ0) is 12.8. The topological polar surface area (TPSA) is 38.3 Å². The molecule has 1 atom stereocenters. The van der Waals surface area contributed by atoms with Crippen molar-refractivity contribution in [1.82, 2.24) is 5.32 Å². The maximum atomic E-state index is 13.1. The van der Waals surface area contributed by atoms with Crippen LogP contribution in [-0.2, 0) is 16.1 Å². The fourth-order valence-corrected chi connectivity index (χ4v) is 1.39. The molecule has 1 unspecified atom stereocenters. The molecule has 17 heavy (non-hydrogen) atoms. The second-order valence-electron chi connectivity index (χ2n) is 3.60. The van der Waals surface area contributed by atoms with Gasteiger partial charge in [0.15, 0.2) is 0 Å². The van der Waals surface area contributed by atoms with Gasteiger partial charge >= 0.3 is 5.97 Å². The third kappa shape index (κ3) is 4.32. The summed E-state index contributed by atoms with van der Waals surface area (Å²) in [5.74, 6) is -0.781. The normalized spacial score (nSPS) is 12.2. The van der Waals surface area contributed by atoms with Gasteiger partial charge < -0.3 is 10.1 Å². The molecule has 0 saturated carbocycles. The lowest BCUT2D eigenvalue weighted by molar-refractivity contribution is -0.145. The molecule has 1 N–H and O–H groups in total. The Bertz CT molecular complexity index is 398. The van der Waals surface area contributed by atoms with Crippen LogP contribution >= 0.6 is 11.6 Å². The van der Waals surface area contributed by atoms with E-state index in [1.54, 1.807) is 19.9 Å².